The number of phenolic OH excluding ortho intramolecular Hbond substituents is 1. The van der Waals surface area contributed by atoms with Gasteiger partial charge in [-0.2, -0.15) is 0 Å². The van der Waals surface area contributed by atoms with Crippen molar-refractivity contribution in [2.45, 2.75) is 0 Å². The van der Waals surface area contributed by atoms with Gasteiger partial charge in [-0.3, -0.25) is 4.79 Å². The molecule has 0 bridgehead atoms. The summed E-state index contributed by atoms with van der Waals surface area (Å²) in [6.45, 7) is 0. The number of aromatic hydroxyl groups is 1. The van der Waals surface area contributed by atoms with Crippen molar-refractivity contribution in [1.82, 2.24) is 0 Å². The molecule has 1 amide bonds. The number of anilines is 1. The van der Waals surface area contributed by atoms with E-state index < -0.39 is 5.91 Å². The van der Waals surface area contributed by atoms with Crippen LogP contribution in [-0.2, 0) is 0 Å². The lowest BCUT2D eigenvalue weighted by Crippen LogP contribution is -2.10. The van der Waals surface area contributed by atoms with E-state index in [-0.39, 0.29) is 5.75 Å². The Morgan fingerprint density at radius 3 is 2.75 bits per heavy atom. The molecule has 0 saturated carbocycles. The van der Waals surface area contributed by atoms with Crippen LogP contribution in [0.3, 0.4) is 0 Å². The molecule has 1 rings (SSSR count). The van der Waals surface area contributed by atoms with Gasteiger partial charge in [0.15, 0.2) is 0 Å². The Balaban J connectivity index is 3.13. The molecule has 64 valence electrons. The average Bonchev–Trinajstić information content (AvgIpc) is 2.05. The normalized spacial score (nSPS) is 9.42. The van der Waals surface area contributed by atoms with Gasteiger partial charge in [-0.1, -0.05) is 0 Å². The van der Waals surface area contributed by atoms with Crippen molar-refractivity contribution in [3.05, 3.63) is 23.8 Å². The summed E-state index contributed by atoms with van der Waals surface area (Å²) in [6, 6.07) is 4.39. The number of hydrogen-bond acceptors (Lipinski definition) is 3. The molecule has 0 aliphatic carbocycles. The highest BCUT2D eigenvalue weighted by Crippen LogP contribution is 2.22. The van der Waals surface area contributed by atoms with Gasteiger partial charge >= 0.3 is 0 Å². The van der Waals surface area contributed by atoms with Crippen molar-refractivity contribution in [3.63, 3.8) is 0 Å². The van der Waals surface area contributed by atoms with Crippen LogP contribution in [0.5, 0.6) is 5.75 Å². The Labute approximate surface area is 70.0 Å². The number of nitrogens with one attached hydrogen (secondary N) is 1. The topological polar surface area (TPSA) is 75.3 Å². The van der Waals surface area contributed by atoms with E-state index in [0.717, 1.165) is 0 Å². The second-order valence-corrected chi connectivity index (χ2v) is 2.35. The average molecular weight is 166 g/mol. The van der Waals surface area contributed by atoms with Gasteiger partial charge in [0, 0.05) is 12.6 Å². The minimum Gasteiger partial charge on any atom is -0.506 e. The zero-order chi connectivity index (χ0) is 9.14. The lowest BCUT2D eigenvalue weighted by molar-refractivity contribution is 0.100. The minimum atomic E-state index is -0.508. The number of phenols is 1. The van der Waals surface area contributed by atoms with Crippen molar-refractivity contribution in [2.24, 2.45) is 5.73 Å². The van der Waals surface area contributed by atoms with E-state index in [1.165, 1.54) is 18.2 Å². The third-order valence-corrected chi connectivity index (χ3v) is 1.55. The first kappa shape index (κ1) is 8.39. The Morgan fingerprint density at radius 2 is 2.25 bits per heavy atom. The first-order valence-electron chi connectivity index (χ1n) is 3.45. The van der Waals surface area contributed by atoms with Gasteiger partial charge in [-0.15, -0.1) is 0 Å². The quantitative estimate of drug-likeness (QED) is 0.561. The van der Waals surface area contributed by atoms with E-state index in [4.69, 9.17) is 5.73 Å². The van der Waals surface area contributed by atoms with Gasteiger partial charge in [-0.05, 0) is 18.2 Å². The summed E-state index contributed by atoms with van der Waals surface area (Å²) in [5, 5.41) is 11.9. The van der Waals surface area contributed by atoms with E-state index in [9.17, 15) is 9.90 Å². The molecule has 1 aromatic carbocycles. The van der Waals surface area contributed by atoms with Crippen LogP contribution in [0.2, 0.25) is 0 Å². The molecule has 0 saturated heterocycles. The Bertz CT molecular complexity index is 310. The summed E-state index contributed by atoms with van der Waals surface area (Å²) in [6.07, 6.45) is 0. The molecule has 0 aliphatic rings. The third kappa shape index (κ3) is 1.47. The standard InChI is InChI=1S/C8H10N2O2/c1-10-6-4-5(8(9)12)2-3-7(6)11/h2-4,10-11H,1H3,(H2,9,12). The van der Waals surface area contributed by atoms with Gasteiger partial charge in [-0.25, -0.2) is 0 Å². The summed E-state index contributed by atoms with van der Waals surface area (Å²) in [5.74, 6) is -0.408. The van der Waals surface area contributed by atoms with Crippen LogP contribution in [0.15, 0.2) is 18.2 Å². The summed E-state index contributed by atoms with van der Waals surface area (Å²) in [4.78, 5) is 10.7. The van der Waals surface area contributed by atoms with Crippen LogP contribution in [0.1, 0.15) is 10.4 Å². The fourth-order valence-corrected chi connectivity index (χ4v) is 0.890. The predicted molar refractivity (Wildman–Crippen MR) is 46.2 cm³/mol. The van der Waals surface area contributed by atoms with Crippen LogP contribution >= 0.6 is 0 Å². The number of benzene rings is 1. The summed E-state index contributed by atoms with van der Waals surface area (Å²) in [5.41, 5.74) is 5.90. The van der Waals surface area contributed by atoms with Gasteiger partial charge < -0.3 is 16.2 Å². The molecule has 0 unspecified atom stereocenters. The number of carbonyl (C=O) groups is 1. The van der Waals surface area contributed by atoms with Crippen LogP contribution in [0.25, 0.3) is 0 Å². The zero-order valence-corrected chi connectivity index (χ0v) is 6.66. The minimum absolute atomic E-state index is 0.0995. The Morgan fingerprint density at radius 1 is 1.58 bits per heavy atom. The molecule has 12 heavy (non-hydrogen) atoms. The monoisotopic (exact) mass is 166 g/mol. The van der Waals surface area contributed by atoms with Crippen LogP contribution in [0, 0.1) is 0 Å². The van der Waals surface area contributed by atoms with Crippen molar-refractivity contribution >= 4 is 11.6 Å². The highest BCUT2D eigenvalue weighted by Gasteiger charge is 2.03. The molecule has 0 radical (unpaired) electrons. The second-order valence-electron chi connectivity index (χ2n) is 2.35. The molecule has 0 aromatic heterocycles. The molecule has 0 fully saturated rings. The van der Waals surface area contributed by atoms with Crippen molar-refractivity contribution in [2.75, 3.05) is 12.4 Å². The van der Waals surface area contributed by atoms with E-state index in [0.29, 0.717) is 11.3 Å². The molecule has 0 heterocycles. The van der Waals surface area contributed by atoms with Gasteiger partial charge in [0.25, 0.3) is 0 Å². The van der Waals surface area contributed by atoms with Crippen LogP contribution in [-0.4, -0.2) is 18.1 Å². The first-order chi connectivity index (χ1) is 5.65. The predicted octanol–water partition coefficient (Wildman–Crippen LogP) is 0.533. The first-order valence-corrected chi connectivity index (χ1v) is 3.45. The highest BCUT2D eigenvalue weighted by atomic mass is 16.3. The SMILES string of the molecule is CNc1cc(C(N)=O)ccc1O. The van der Waals surface area contributed by atoms with Gasteiger partial charge in [0.2, 0.25) is 5.91 Å². The lowest BCUT2D eigenvalue weighted by atomic mass is 10.2. The molecular formula is C8H10N2O2. The summed E-state index contributed by atoms with van der Waals surface area (Å²) in [7, 11) is 1.65. The maximum absolute atomic E-state index is 10.7. The maximum Gasteiger partial charge on any atom is 0.248 e. The fourth-order valence-electron chi connectivity index (χ4n) is 0.890. The number of amides is 1. The fraction of sp³-hybridized carbons (Fsp3) is 0.125. The van der Waals surface area contributed by atoms with Crippen molar-refractivity contribution < 1.29 is 9.90 Å². The largest absolute Gasteiger partial charge is 0.506 e. The maximum atomic E-state index is 10.7. The number of rotatable bonds is 2. The smallest absolute Gasteiger partial charge is 0.248 e. The third-order valence-electron chi connectivity index (χ3n) is 1.55. The van der Waals surface area contributed by atoms with E-state index in [1.807, 2.05) is 0 Å². The van der Waals surface area contributed by atoms with Crippen molar-refractivity contribution in [1.29, 1.82) is 0 Å². The summed E-state index contributed by atoms with van der Waals surface area (Å²) < 4.78 is 0. The number of carbonyl (C=O) groups excluding carboxylic acids is 1. The van der Waals surface area contributed by atoms with Crippen LogP contribution in [0.4, 0.5) is 5.69 Å². The lowest BCUT2D eigenvalue weighted by Gasteiger charge is -2.04. The van der Waals surface area contributed by atoms with Gasteiger partial charge in [0.1, 0.15) is 5.75 Å². The van der Waals surface area contributed by atoms with Gasteiger partial charge in [0.05, 0.1) is 5.69 Å². The molecule has 0 atom stereocenters. The molecule has 4 heteroatoms. The van der Waals surface area contributed by atoms with E-state index >= 15 is 0 Å². The Kier molecular flexibility index (Phi) is 2.19. The highest BCUT2D eigenvalue weighted by molar-refractivity contribution is 5.94. The van der Waals surface area contributed by atoms with Crippen LogP contribution < -0.4 is 11.1 Å². The zero-order valence-electron chi connectivity index (χ0n) is 6.66. The molecule has 0 spiro atoms. The van der Waals surface area contributed by atoms with E-state index in [2.05, 4.69) is 5.32 Å². The number of primary amides is 1. The second kappa shape index (κ2) is 3.13. The molecule has 4 N–H and O–H groups in total. The van der Waals surface area contributed by atoms with Crippen molar-refractivity contribution in [3.8, 4) is 5.75 Å². The number of nitrogens with two attached hydrogens (primary N) is 1. The Hall–Kier alpha value is -1.71. The molecule has 4 nitrogen and oxygen atoms in total. The molecule has 0 aliphatic heterocycles. The molecular weight excluding hydrogens is 156 g/mol. The van der Waals surface area contributed by atoms with E-state index in [1.54, 1.807) is 7.05 Å². The number of hydrogen-bond donors (Lipinski definition) is 3. The molecule has 1 aromatic rings. The summed E-state index contributed by atoms with van der Waals surface area (Å²) >= 11 is 0.